The predicted molar refractivity (Wildman–Crippen MR) is 234 cm³/mol. The van der Waals surface area contributed by atoms with Crippen LogP contribution in [0.15, 0.2) is 203 Å². The van der Waals surface area contributed by atoms with Crippen molar-refractivity contribution in [2.75, 3.05) is 9.80 Å². The number of benzene rings is 10. The maximum absolute atomic E-state index is 6.65. The summed E-state index contributed by atoms with van der Waals surface area (Å²) < 4.78 is 13.3. The molecule has 2 heterocycles. The van der Waals surface area contributed by atoms with E-state index >= 15 is 0 Å². The zero-order chi connectivity index (χ0) is 36.7. The molecule has 0 saturated heterocycles. The lowest BCUT2D eigenvalue weighted by atomic mass is 9.91. The van der Waals surface area contributed by atoms with Crippen LogP contribution in [0.1, 0.15) is 0 Å². The van der Waals surface area contributed by atoms with Crippen molar-refractivity contribution in [3.63, 3.8) is 0 Å². The lowest BCUT2D eigenvalue weighted by Crippen LogP contribution is -2.12. The van der Waals surface area contributed by atoms with Crippen LogP contribution in [0.4, 0.5) is 34.1 Å². The largest absolute Gasteiger partial charge is 0.454 e. The van der Waals surface area contributed by atoms with Gasteiger partial charge in [-0.2, -0.15) is 0 Å². The van der Waals surface area contributed by atoms with Crippen molar-refractivity contribution in [1.29, 1.82) is 0 Å². The lowest BCUT2D eigenvalue weighted by Gasteiger charge is -2.29. The molecule has 0 unspecified atom stereocenters. The van der Waals surface area contributed by atoms with E-state index in [0.29, 0.717) is 0 Å². The highest BCUT2D eigenvalue weighted by atomic mass is 16.3. The van der Waals surface area contributed by atoms with Crippen LogP contribution in [0.2, 0.25) is 0 Å². The second-order valence-corrected chi connectivity index (χ2v) is 14.4. The molecule has 4 heteroatoms. The number of nitrogens with zero attached hydrogens (tertiary/aromatic N) is 2. The topological polar surface area (TPSA) is 32.8 Å². The van der Waals surface area contributed by atoms with Gasteiger partial charge in [-0.3, -0.25) is 0 Å². The van der Waals surface area contributed by atoms with Crippen LogP contribution in [0.5, 0.6) is 0 Å². The first-order chi connectivity index (χ1) is 27.8. The Balaban J connectivity index is 1.13. The van der Waals surface area contributed by atoms with Crippen LogP contribution in [0.3, 0.4) is 0 Å². The van der Waals surface area contributed by atoms with E-state index in [4.69, 9.17) is 8.83 Å². The molecular weight excluding hydrogens is 685 g/mol. The minimum atomic E-state index is 0.865. The summed E-state index contributed by atoms with van der Waals surface area (Å²) in [5.74, 6) is 0. The van der Waals surface area contributed by atoms with Crippen molar-refractivity contribution in [3.05, 3.63) is 194 Å². The first kappa shape index (κ1) is 30.9. The van der Waals surface area contributed by atoms with E-state index in [9.17, 15) is 0 Å². The summed E-state index contributed by atoms with van der Waals surface area (Å²) in [6.45, 7) is 0. The molecule has 2 aromatic heterocycles. The normalized spacial score (nSPS) is 11.9. The Kier molecular flexibility index (Phi) is 6.60. The van der Waals surface area contributed by atoms with Crippen LogP contribution in [0, 0.1) is 0 Å². The van der Waals surface area contributed by atoms with Crippen LogP contribution < -0.4 is 9.80 Å². The van der Waals surface area contributed by atoms with Gasteiger partial charge in [0, 0.05) is 43.7 Å². The summed E-state index contributed by atoms with van der Waals surface area (Å²) in [4.78, 5) is 4.71. The SMILES string of the molecule is c1ccc(N(c2ccc3ccc4ccc(N(c5ccccc5)c5cccc6c5oc5ccccc56)c5ccc2c3c45)c2cccc3c2oc2ccccc23)cc1. The van der Waals surface area contributed by atoms with E-state index in [0.717, 1.165) is 78.0 Å². The van der Waals surface area contributed by atoms with Gasteiger partial charge in [-0.1, -0.05) is 133 Å². The molecule has 0 spiro atoms. The fourth-order valence-electron chi connectivity index (χ4n) is 8.95. The Morgan fingerprint density at radius 1 is 0.268 bits per heavy atom. The standard InChI is InChI=1S/C52H32N2O2/c1-3-13-35(14-4-1)53(45-21-11-19-39-37-17-7-9-23-47(37)55-51(39)45)43-31-27-33-25-26-34-28-32-44(42-30-29-41(43)49(33)50(34)42)54(36-15-5-2-6-16-36)46-22-12-20-40-38-18-8-10-24-48(38)56-52(40)46/h1-32H. The van der Waals surface area contributed by atoms with Crippen molar-refractivity contribution < 1.29 is 8.83 Å². The average Bonchev–Trinajstić information content (AvgIpc) is 3.84. The maximum atomic E-state index is 6.65. The van der Waals surface area contributed by atoms with Crippen LogP contribution in [0.25, 0.3) is 76.2 Å². The Hall–Kier alpha value is -7.56. The zero-order valence-corrected chi connectivity index (χ0v) is 30.2. The zero-order valence-electron chi connectivity index (χ0n) is 30.2. The summed E-state index contributed by atoms with van der Waals surface area (Å²) in [6.07, 6.45) is 0. The van der Waals surface area contributed by atoms with Crippen molar-refractivity contribution in [2.45, 2.75) is 0 Å². The van der Waals surface area contributed by atoms with Gasteiger partial charge in [0.1, 0.15) is 11.2 Å². The molecule has 56 heavy (non-hydrogen) atoms. The van der Waals surface area contributed by atoms with Crippen LogP contribution >= 0.6 is 0 Å². The fourth-order valence-corrected chi connectivity index (χ4v) is 8.95. The first-order valence-electron chi connectivity index (χ1n) is 19.0. The van der Waals surface area contributed by atoms with Gasteiger partial charge in [0.25, 0.3) is 0 Å². The van der Waals surface area contributed by atoms with Gasteiger partial charge in [0.05, 0.1) is 22.7 Å². The van der Waals surface area contributed by atoms with Gasteiger partial charge >= 0.3 is 0 Å². The minimum absolute atomic E-state index is 0.865. The number of hydrogen-bond donors (Lipinski definition) is 0. The molecular formula is C52H32N2O2. The van der Waals surface area contributed by atoms with Crippen molar-refractivity contribution >= 4 is 110 Å². The third kappa shape index (κ3) is 4.47. The van der Waals surface area contributed by atoms with Crippen molar-refractivity contribution in [3.8, 4) is 0 Å². The summed E-state index contributed by atoms with van der Waals surface area (Å²) in [6, 6.07) is 68.9. The highest BCUT2D eigenvalue weighted by Crippen LogP contribution is 2.50. The molecule has 0 bridgehead atoms. The second-order valence-electron chi connectivity index (χ2n) is 14.4. The van der Waals surface area contributed by atoms with E-state index in [2.05, 4.69) is 180 Å². The number of anilines is 6. The molecule has 4 nitrogen and oxygen atoms in total. The van der Waals surface area contributed by atoms with Crippen LogP contribution in [-0.4, -0.2) is 0 Å². The van der Waals surface area contributed by atoms with Gasteiger partial charge in [-0.05, 0) is 82.2 Å². The molecule has 262 valence electrons. The second kappa shape index (κ2) is 12.0. The van der Waals surface area contributed by atoms with E-state index in [1.807, 2.05) is 24.3 Å². The molecule has 0 amide bonds. The quantitative estimate of drug-likeness (QED) is 0.160. The molecule has 0 aliphatic carbocycles. The smallest absolute Gasteiger partial charge is 0.159 e. The number of fused-ring (bicyclic) bond motifs is 6. The van der Waals surface area contributed by atoms with Gasteiger partial charge in [0.2, 0.25) is 0 Å². The Bertz CT molecular complexity index is 3210. The highest BCUT2D eigenvalue weighted by Gasteiger charge is 2.25. The molecule has 0 N–H and O–H groups in total. The van der Waals surface area contributed by atoms with Crippen molar-refractivity contribution in [1.82, 2.24) is 0 Å². The van der Waals surface area contributed by atoms with Crippen LogP contribution in [-0.2, 0) is 0 Å². The Labute approximate surface area is 322 Å². The molecule has 0 aliphatic heterocycles. The summed E-state index contributed by atoms with van der Waals surface area (Å²) in [7, 11) is 0. The average molecular weight is 717 g/mol. The Morgan fingerprint density at radius 2 is 0.661 bits per heavy atom. The van der Waals surface area contributed by atoms with E-state index < -0.39 is 0 Å². The van der Waals surface area contributed by atoms with E-state index in [1.54, 1.807) is 0 Å². The predicted octanol–water partition coefficient (Wildman–Crippen LogP) is 15.3. The number of furan rings is 2. The molecule has 0 radical (unpaired) electrons. The Morgan fingerprint density at radius 3 is 1.12 bits per heavy atom. The summed E-state index contributed by atoms with van der Waals surface area (Å²) in [5.41, 5.74) is 9.78. The lowest BCUT2D eigenvalue weighted by molar-refractivity contribution is 0.669. The third-order valence-corrected chi connectivity index (χ3v) is 11.4. The number of hydrogen-bond acceptors (Lipinski definition) is 4. The molecule has 0 atom stereocenters. The molecule has 0 aliphatic rings. The van der Waals surface area contributed by atoms with Crippen molar-refractivity contribution in [2.24, 2.45) is 0 Å². The highest BCUT2D eigenvalue weighted by molar-refractivity contribution is 6.28. The first-order valence-corrected chi connectivity index (χ1v) is 19.0. The summed E-state index contributed by atoms with van der Waals surface area (Å²) >= 11 is 0. The number of rotatable bonds is 6. The minimum Gasteiger partial charge on any atom is -0.454 e. The molecule has 10 aromatic carbocycles. The van der Waals surface area contributed by atoms with Gasteiger partial charge < -0.3 is 18.6 Å². The third-order valence-electron chi connectivity index (χ3n) is 11.4. The van der Waals surface area contributed by atoms with Gasteiger partial charge in [-0.25, -0.2) is 0 Å². The van der Waals surface area contributed by atoms with Gasteiger partial charge in [0.15, 0.2) is 11.2 Å². The number of para-hydroxylation sites is 6. The maximum Gasteiger partial charge on any atom is 0.159 e. The van der Waals surface area contributed by atoms with E-state index in [1.165, 1.54) is 32.3 Å². The molecule has 0 fully saturated rings. The summed E-state index contributed by atoms with van der Waals surface area (Å²) in [5, 5.41) is 11.6. The molecule has 12 rings (SSSR count). The molecule has 0 saturated carbocycles. The monoisotopic (exact) mass is 716 g/mol. The fraction of sp³-hybridized carbons (Fsp3) is 0. The van der Waals surface area contributed by atoms with Gasteiger partial charge in [-0.15, -0.1) is 0 Å². The van der Waals surface area contributed by atoms with E-state index in [-0.39, 0.29) is 0 Å². The molecule has 12 aromatic rings.